The van der Waals surface area contributed by atoms with Crippen LogP contribution >= 0.6 is 11.6 Å². The number of methoxy groups -OCH3 is 1. The molecule has 1 fully saturated rings. The average Bonchev–Trinajstić information content (AvgIpc) is 2.65. The molecule has 144 valence electrons. The Kier molecular flexibility index (Phi) is 6.51. The van der Waals surface area contributed by atoms with E-state index < -0.39 is 0 Å². The van der Waals surface area contributed by atoms with Crippen LogP contribution in [-0.4, -0.2) is 25.2 Å². The predicted molar refractivity (Wildman–Crippen MR) is 106 cm³/mol. The Labute approximate surface area is 164 Å². The molecule has 0 unspecified atom stereocenters. The van der Waals surface area contributed by atoms with Crippen LogP contribution in [0.2, 0.25) is 5.02 Å². The molecule has 1 amide bonds. The lowest BCUT2D eigenvalue weighted by Crippen LogP contribution is -2.39. The zero-order valence-electron chi connectivity index (χ0n) is 15.7. The van der Waals surface area contributed by atoms with Crippen LogP contribution in [-0.2, 0) is 16.0 Å². The normalized spacial score (nSPS) is 19.7. The van der Waals surface area contributed by atoms with E-state index in [1.807, 2.05) is 6.92 Å². The van der Waals surface area contributed by atoms with Crippen molar-refractivity contribution in [1.29, 1.82) is 0 Å². The number of rotatable bonds is 5. The monoisotopic (exact) mass is 389 g/mol. The van der Waals surface area contributed by atoms with Gasteiger partial charge in [-0.05, 0) is 73.6 Å². The summed E-state index contributed by atoms with van der Waals surface area (Å²) < 4.78 is 19.8. The maximum Gasteiger partial charge on any atom is 0.224 e. The van der Waals surface area contributed by atoms with Gasteiger partial charge in [0.25, 0.3) is 0 Å². The molecule has 0 aromatic heterocycles. The number of carbonyl (C=O) groups excluding carboxylic acids is 1. The summed E-state index contributed by atoms with van der Waals surface area (Å²) in [6, 6.07) is 10.5. The fourth-order valence-corrected chi connectivity index (χ4v) is 3.78. The van der Waals surface area contributed by atoms with E-state index in [2.05, 4.69) is 5.32 Å². The summed E-state index contributed by atoms with van der Waals surface area (Å²) in [5.41, 5.74) is 2.85. The first-order valence-corrected chi connectivity index (χ1v) is 9.71. The van der Waals surface area contributed by atoms with E-state index in [4.69, 9.17) is 16.3 Å². The van der Waals surface area contributed by atoms with Crippen molar-refractivity contribution < 1.29 is 13.9 Å². The topological polar surface area (TPSA) is 38.3 Å². The van der Waals surface area contributed by atoms with Crippen LogP contribution in [0.15, 0.2) is 36.4 Å². The van der Waals surface area contributed by atoms with E-state index in [0.29, 0.717) is 16.7 Å². The number of hydrogen-bond donors (Lipinski definition) is 1. The summed E-state index contributed by atoms with van der Waals surface area (Å²) in [4.78, 5) is 12.5. The zero-order valence-corrected chi connectivity index (χ0v) is 16.5. The summed E-state index contributed by atoms with van der Waals surface area (Å²) in [5.74, 6) is -0.315. The molecule has 27 heavy (non-hydrogen) atoms. The minimum Gasteiger partial charge on any atom is -0.381 e. The van der Waals surface area contributed by atoms with E-state index in [0.717, 1.165) is 42.4 Å². The summed E-state index contributed by atoms with van der Waals surface area (Å²) in [7, 11) is 1.74. The molecule has 2 aromatic rings. The molecule has 5 heteroatoms. The Morgan fingerprint density at radius 1 is 1.19 bits per heavy atom. The van der Waals surface area contributed by atoms with Crippen molar-refractivity contribution in [2.75, 3.05) is 7.11 Å². The van der Waals surface area contributed by atoms with E-state index in [1.165, 1.54) is 6.07 Å². The van der Waals surface area contributed by atoms with Crippen LogP contribution in [0.25, 0.3) is 11.1 Å². The first-order chi connectivity index (χ1) is 13.0. The molecule has 2 aromatic carbocycles. The number of nitrogens with one attached hydrogen (secondary N) is 1. The fourth-order valence-electron chi connectivity index (χ4n) is 3.65. The first kappa shape index (κ1) is 19.8. The highest BCUT2D eigenvalue weighted by Crippen LogP contribution is 2.28. The van der Waals surface area contributed by atoms with E-state index in [9.17, 15) is 9.18 Å². The van der Waals surface area contributed by atoms with Crippen LogP contribution in [0, 0.1) is 12.7 Å². The molecule has 0 bridgehead atoms. The molecule has 0 saturated heterocycles. The van der Waals surface area contributed by atoms with Gasteiger partial charge in [-0.3, -0.25) is 4.79 Å². The van der Waals surface area contributed by atoms with Crippen LogP contribution in [0.5, 0.6) is 0 Å². The van der Waals surface area contributed by atoms with Crippen molar-refractivity contribution in [3.63, 3.8) is 0 Å². The Bertz CT molecular complexity index is 799. The van der Waals surface area contributed by atoms with Gasteiger partial charge in [0.05, 0.1) is 12.5 Å². The maximum absolute atomic E-state index is 14.5. The van der Waals surface area contributed by atoms with Gasteiger partial charge in [-0.25, -0.2) is 4.39 Å². The van der Waals surface area contributed by atoms with Gasteiger partial charge in [0.2, 0.25) is 5.91 Å². The summed E-state index contributed by atoms with van der Waals surface area (Å²) in [6.07, 6.45) is 4.36. The number of hydrogen-bond acceptors (Lipinski definition) is 2. The van der Waals surface area contributed by atoms with Crippen molar-refractivity contribution in [3.05, 3.63) is 58.4 Å². The fraction of sp³-hybridized carbons (Fsp3) is 0.409. The number of aryl methyl sites for hydroxylation is 1. The van der Waals surface area contributed by atoms with Gasteiger partial charge in [0, 0.05) is 23.7 Å². The Balaban J connectivity index is 1.70. The van der Waals surface area contributed by atoms with Gasteiger partial charge >= 0.3 is 0 Å². The smallest absolute Gasteiger partial charge is 0.224 e. The van der Waals surface area contributed by atoms with Crippen LogP contribution in [0.1, 0.15) is 36.8 Å². The number of carbonyl (C=O) groups is 1. The highest BCUT2D eigenvalue weighted by molar-refractivity contribution is 6.30. The largest absolute Gasteiger partial charge is 0.381 e. The van der Waals surface area contributed by atoms with Gasteiger partial charge in [-0.1, -0.05) is 23.7 Å². The summed E-state index contributed by atoms with van der Waals surface area (Å²) in [5, 5.41) is 3.72. The highest BCUT2D eigenvalue weighted by atomic mass is 35.5. The second-order valence-electron chi connectivity index (χ2n) is 7.22. The first-order valence-electron chi connectivity index (χ1n) is 9.33. The van der Waals surface area contributed by atoms with Gasteiger partial charge in [0.15, 0.2) is 0 Å². The third-order valence-electron chi connectivity index (χ3n) is 5.30. The van der Waals surface area contributed by atoms with Crippen molar-refractivity contribution >= 4 is 17.5 Å². The van der Waals surface area contributed by atoms with Crippen molar-refractivity contribution in [2.45, 2.75) is 51.2 Å². The molecule has 3 nitrogen and oxygen atoms in total. The predicted octanol–water partition coefficient (Wildman–Crippen LogP) is 5.07. The van der Waals surface area contributed by atoms with Gasteiger partial charge in [0.1, 0.15) is 5.82 Å². The Hall–Kier alpha value is -1.91. The van der Waals surface area contributed by atoms with Crippen molar-refractivity contribution in [1.82, 2.24) is 5.32 Å². The Morgan fingerprint density at radius 3 is 2.48 bits per heavy atom. The minimum absolute atomic E-state index is 0.0207. The third-order valence-corrected chi connectivity index (χ3v) is 5.56. The van der Waals surface area contributed by atoms with E-state index >= 15 is 0 Å². The molecule has 1 saturated carbocycles. The Morgan fingerprint density at radius 2 is 1.85 bits per heavy atom. The quantitative estimate of drug-likeness (QED) is 0.775. The van der Waals surface area contributed by atoms with Gasteiger partial charge in [-0.15, -0.1) is 0 Å². The van der Waals surface area contributed by atoms with Crippen molar-refractivity contribution in [2.24, 2.45) is 0 Å². The number of benzene rings is 2. The number of amides is 1. The highest BCUT2D eigenvalue weighted by Gasteiger charge is 2.22. The lowest BCUT2D eigenvalue weighted by atomic mass is 9.92. The molecule has 0 atom stereocenters. The van der Waals surface area contributed by atoms with Crippen molar-refractivity contribution in [3.8, 4) is 11.1 Å². The number of ether oxygens (including phenoxy) is 1. The molecular formula is C22H25ClFNO2. The molecule has 1 aliphatic rings. The molecule has 1 N–H and O–H groups in total. The van der Waals surface area contributed by atoms with Crippen LogP contribution in [0.3, 0.4) is 0 Å². The summed E-state index contributed by atoms with van der Waals surface area (Å²) >= 11 is 5.92. The molecular weight excluding hydrogens is 365 g/mol. The summed E-state index contributed by atoms with van der Waals surface area (Å²) in [6.45, 7) is 1.83. The molecule has 3 rings (SSSR count). The molecule has 0 heterocycles. The maximum atomic E-state index is 14.5. The molecule has 0 radical (unpaired) electrons. The third kappa shape index (κ3) is 5.08. The molecule has 0 spiro atoms. The minimum atomic E-state index is -0.295. The standard InChI is InChI=1S/C22H25ClFNO2/c1-14-11-21(24)20(15-3-5-17(23)6-4-15)12-16(14)13-22(26)25-18-7-9-19(27-2)10-8-18/h3-6,11-12,18-19H,7-10,13H2,1-2H3,(H,25,26). The van der Waals surface area contributed by atoms with E-state index in [-0.39, 0.29) is 24.2 Å². The second kappa shape index (κ2) is 8.85. The molecule has 1 aliphatic carbocycles. The zero-order chi connectivity index (χ0) is 19.4. The van der Waals surface area contributed by atoms with Gasteiger partial charge in [-0.2, -0.15) is 0 Å². The SMILES string of the molecule is COC1CCC(NC(=O)Cc2cc(-c3ccc(Cl)cc3)c(F)cc2C)CC1. The lowest BCUT2D eigenvalue weighted by Gasteiger charge is -2.28. The number of halogens is 2. The second-order valence-corrected chi connectivity index (χ2v) is 7.66. The molecule has 0 aliphatic heterocycles. The van der Waals surface area contributed by atoms with Crippen LogP contribution in [0.4, 0.5) is 4.39 Å². The van der Waals surface area contributed by atoms with Gasteiger partial charge < -0.3 is 10.1 Å². The van der Waals surface area contributed by atoms with E-state index in [1.54, 1.807) is 37.4 Å². The van der Waals surface area contributed by atoms with Crippen LogP contribution < -0.4 is 5.32 Å². The lowest BCUT2D eigenvalue weighted by molar-refractivity contribution is -0.121. The average molecular weight is 390 g/mol.